The van der Waals surface area contributed by atoms with Crippen molar-refractivity contribution < 1.29 is 14.6 Å². The maximum atomic E-state index is 10.4. The standard InChI is InChI=1S/C21H26O3/c1-14-13-18(24-19-11-7-8-12-23-19)21(16(3)22)15(2)20(14)17-9-5-4-6-10-17/h4-6,9-10,13,16,19,22H,7-8,11-12H2,1-3H3. The molecule has 128 valence electrons. The third-order valence-corrected chi connectivity index (χ3v) is 4.66. The van der Waals surface area contributed by atoms with Crippen molar-refractivity contribution in [3.8, 4) is 16.9 Å². The first kappa shape index (κ1) is 17.0. The van der Waals surface area contributed by atoms with Crippen molar-refractivity contribution in [3.05, 3.63) is 53.1 Å². The Morgan fingerprint density at radius 3 is 2.54 bits per heavy atom. The third kappa shape index (κ3) is 3.47. The van der Waals surface area contributed by atoms with Gasteiger partial charge in [-0.15, -0.1) is 0 Å². The minimum absolute atomic E-state index is 0.211. The zero-order chi connectivity index (χ0) is 17.1. The minimum Gasteiger partial charge on any atom is -0.465 e. The predicted octanol–water partition coefficient (Wildman–Crippen LogP) is 4.93. The van der Waals surface area contributed by atoms with Crippen LogP contribution in [0.1, 0.15) is 49.0 Å². The second-order valence-electron chi connectivity index (χ2n) is 6.56. The smallest absolute Gasteiger partial charge is 0.199 e. The minimum atomic E-state index is -0.591. The van der Waals surface area contributed by atoms with E-state index < -0.39 is 6.10 Å². The van der Waals surface area contributed by atoms with Crippen LogP contribution in [0.3, 0.4) is 0 Å². The molecule has 1 fully saturated rings. The number of hydrogen-bond acceptors (Lipinski definition) is 3. The van der Waals surface area contributed by atoms with E-state index in [1.54, 1.807) is 6.92 Å². The van der Waals surface area contributed by atoms with E-state index in [1.165, 1.54) is 5.56 Å². The number of ether oxygens (including phenoxy) is 2. The molecule has 1 aliphatic heterocycles. The summed E-state index contributed by atoms with van der Waals surface area (Å²) in [5, 5.41) is 10.4. The quantitative estimate of drug-likeness (QED) is 0.866. The van der Waals surface area contributed by atoms with Gasteiger partial charge in [0.05, 0.1) is 12.7 Å². The first-order chi connectivity index (χ1) is 11.6. The average molecular weight is 326 g/mol. The first-order valence-electron chi connectivity index (χ1n) is 8.73. The van der Waals surface area contributed by atoms with Crippen LogP contribution in [0, 0.1) is 13.8 Å². The average Bonchev–Trinajstić information content (AvgIpc) is 2.56. The largest absolute Gasteiger partial charge is 0.465 e. The summed E-state index contributed by atoms with van der Waals surface area (Å²) in [6.07, 6.45) is 2.31. The van der Waals surface area contributed by atoms with E-state index >= 15 is 0 Å². The summed E-state index contributed by atoms with van der Waals surface area (Å²) in [7, 11) is 0. The molecule has 0 radical (unpaired) electrons. The van der Waals surface area contributed by atoms with Gasteiger partial charge in [-0.2, -0.15) is 0 Å². The van der Waals surface area contributed by atoms with Gasteiger partial charge >= 0.3 is 0 Å². The van der Waals surface area contributed by atoms with Crippen LogP contribution >= 0.6 is 0 Å². The number of rotatable bonds is 4. The summed E-state index contributed by atoms with van der Waals surface area (Å²) in [6, 6.07) is 12.3. The van der Waals surface area contributed by atoms with E-state index in [4.69, 9.17) is 9.47 Å². The van der Waals surface area contributed by atoms with Gasteiger partial charge in [-0.25, -0.2) is 0 Å². The maximum absolute atomic E-state index is 10.4. The lowest BCUT2D eigenvalue weighted by atomic mass is 9.90. The zero-order valence-corrected chi connectivity index (χ0v) is 14.7. The van der Waals surface area contributed by atoms with Crippen LogP contribution in [0.15, 0.2) is 36.4 Å². The van der Waals surface area contributed by atoms with Gasteiger partial charge in [-0.1, -0.05) is 30.3 Å². The van der Waals surface area contributed by atoms with Crippen LogP contribution in [0.4, 0.5) is 0 Å². The van der Waals surface area contributed by atoms with Crippen molar-refractivity contribution >= 4 is 0 Å². The Morgan fingerprint density at radius 1 is 1.17 bits per heavy atom. The molecule has 2 unspecified atom stereocenters. The predicted molar refractivity (Wildman–Crippen MR) is 96.2 cm³/mol. The number of aryl methyl sites for hydroxylation is 1. The molecule has 0 saturated carbocycles. The van der Waals surface area contributed by atoms with E-state index in [2.05, 4.69) is 26.0 Å². The number of hydrogen-bond donors (Lipinski definition) is 1. The highest BCUT2D eigenvalue weighted by Crippen LogP contribution is 2.39. The van der Waals surface area contributed by atoms with Crippen molar-refractivity contribution in [1.82, 2.24) is 0 Å². The fraction of sp³-hybridized carbons (Fsp3) is 0.429. The Balaban J connectivity index is 2.04. The Kier molecular flexibility index (Phi) is 5.22. The van der Waals surface area contributed by atoms with Crippen LogP contribution in [-0.4, -0.2) is 18.0 Å². The van der Waals surface area contributed by atoms with Gasteiger partial charge in [0.1, 0.15) is 5.75 Å². The van der Waals surface area contributed by atoms with E-state index in [0.29, 0.717) is 0 Å². The van der Waals surface area contributed by atoms with Crippen LogP contribution in [0.5, 0.6) is 5.75 Å². The third-order valence-electron chi connectivity index (χ3n) is 4.66. The van der Waals surface area contributed by atoms with Crippen LogP contribution in [0.2, 0.25) is 0 Å². The summed E-state index contributed by atoms with van der Waals surface area (Å²) < 4.78 is 11.8. The molecule has 24 heavy (non-hydrogen) atoms. The van der Waals surface area contributed by atoms with Crippen LogP contribution < -0.4 is 4.74 Å². The molecule has 0 spiro atoms. The van der Waals surface area contributed by atoms with Gasteiger partial charge in [-0.05, 0) is 61.9 Å². The van der Waals surface area contributed by atoms with Crippen molar-refractivity contribution in [2.24, 2.45) is 0 Å². The lowest BCUT2D eigenvalue weighted by Crippen LogP contribution is -2.25. The molecule has 2 aromatic carbocycles. The van der Waals surface area contributed by atoms with Crippen molar-refractivity contribution in [2.45, 2.75) is 52.4 Å². The van der Waals surface area contributed by atoms with Gasteiger partial charge in [-0.3, -0.25) is 0 Å². The molecule has 3 rings (SSSR count). The second-order valence-corrected chi connectivity index (χ2v) is 6.56. The lowest BCUT2D eigenvalue weighted by Gasteiger charge is -2.27. The molecule has 2 atom stereocenters. The summed E-state index contributed by atoms with van der Waals surface area (Å²) in [5.41, 5.74) is 5.41. The van der Waals surface area contributed by atoms with Gasteiger partial charge in [0, 0.05) is 12.0 Å². The summed E-state index contributed by atoms with van der Waals surface area (Å²) in [5.74, 6) is 0.742. The Bertz CT molecular complexity index is 686. The summed E-state index contributed by atoms with van der Waals surface area (Å²) in [4.78, 5) is 0. The summed E-state index contributed by atoms with van der Waals surface area (Å²) >= 11 is 0. The van der Waals surface area contributed by atoms with E-state index in [9.17, 15) is 5.11 Å². The molecule has 3 heteroatoms. The summed E-state index contributed by atoms with van der Waals surface area (Å²) in [6.45, 7) is 6.69. The molecule has 3 nitrogen and oxygen atoms in total. The van der Waals surface area contributed by atoms with E-state index in [-0.39, 0.29) is 6.29 Å². The van der Waals surface area contributed by atoms with Gasteiger partial charge in [0.15, 0.2) is 6.29 Å². The first-order valence-corrected chi connectivity index (χ1v) is 8.73. The SMILES string of the molecule is Cc1cc(OC2CCCCO2)c(C(C)O)c(C)c1-c1ccccc1. The van der Waals surface area contributed by atoms with E-state index in [0.717, 1.165) is 53.9 Å². The number of benzene rings is 2. The normalized spacial score (nSPS) is 19.1. The highest BCUT2D eigenvalue weighted by Gasteiger charge is 2.22. The molecular weight excluding hydrogens is 300 g/mol. The molecular formula is C21H26O3. The van der Waals surface area contributed by atoms with Crippen LogP contribution in [-0.2, 0) is 4.74 Å². The Morgan fingerprint density at radius 2 is 1.92 bits per heavy atom. The van der Waals surface area contributed by atoms with Crippen molar-refractivity contribution in [2.75, 3.05) is 6.61 Å². The zero-order valence-electron chi connectivity index (χ0n) is 14.7. The monoisotopic (exact) mass is 326 g/mol. The lowest BCUT2D eigenvalue weighted by molar-refractivity contribution is -0.106. The molecule has 1 saturated heterocycles. The maximum Gasteiger partial charge on any atom is 0.199 e. The molecule has 0 aromatic heterocycles. The molecule has 0 aliphatic carbocycles. The number of aliphatic hydroxyl groups excluding tert-OH is 1. The van der Waals surface area contributed by atoms with Gasteiger partial charge in [0.2, 0.25) is 0 Å². The Labute approximate surface area is 144 Å². The van der Waals surface area contributed by atoms with E-state index in [1.807, 2.05) is 24.3 Å². The van der Waals surface area contributed by atoms with Crippen molar-refractivity contribution in [1.29, 1.82) is 0 Å². The molecule has 0 bridgehead atoms. The molecule has 2 aromatic rings. The fourth-order valence-corrected chi connectivity index (χ4v) is 3.57. The van der Waals surface area contributed by atoms with Gasteiger partial charge < -0.3 is 14.6 Å². The van der Waals surface area contributed by atoms with Crippen LogP contribution in [0.25, 0.3) is 11.1 Å². The molecule has 0 amide bonds. The molecule has 1 heterocycles. The highest BCUT2D eigenvalue weighted by atomic mass is 16.7. The topological polar surface area (TPSA) is 38.7 Å². The highest BCUT2D eigenvalue weighted by molar-refractivity contribution is 5.74. The Hall–Kier alpha value is -1.84. The fourth-order valence-electron chi connectivity index (χ4n) is 3.57. The molecule has 1 N–H and O–H groups in total. The van der Waals surface area contributed by atoms with Gasteiger partial charge in [0.25, 0.3) is 0 Å². The van der Waals surface area contributed by atoms with Crippen molar-refractivity contribution in [3.63, 3.8) is 0 Å². The second kappa shape index (κ2) is 7.37. The number of aliphatic hydroxyl groups is 1. The molecule has 1 aliphatic rings.